The molecular formula is C14H21N3O3S. The molecule has 0 bridgehead atoms. The van der Waals surface area contributed by atoms with Gasteiger partial charge < -0.3 is 5.32 Å². The van der Waals surface area contributed by atoms with Gasteiger partial charge in [0, 0.05) is 31.9 Å². The molecule has 1 aromatic carbocycles. The minimum atomic E-state index is -3.12. The van der Waals surface area contributed by atoms with Gasteiger partial charge in [0.1, 0.15) is 0 Å². The first-order chi connectivity index (χ1) is 10.0. The molecule has 1 heterocycles. The van der Waals surface area contributed by atoms with E-state index in [0.29, 0.717) is 26.2 Å². The summed E-state index contributed by atoms with van der Waals surface area (Å²) < 4.78 is 25.0. The summed E-state index contributed by atoms with van der Waals surface area (Å²) in [5.41, 5.74) is 0.773. The minimum Gasteiger partial charge on any atom is -0.325 e. The molecule has 1 aliphatic rings. The number of benzene rings is 1. The van der Waals surface area contributed by atoms with E-state index in [2.05, 4.69) is 5.32 Å². The van der Waals surface area contributed by atoms with Crippen molar-refractivity contribution in [2.24, 2.45) is 0 Å². The number of piperazine rings is 1. The van der Waals surface area contributed by atoms with Crippen LogP contribution >= 0.6 is 0 Å². The van der Waals surface area contributed by atoms with Gasteiger partial charge in [0.2, 0.25) is 15.9 Å². The summed E-state index contributed by atoms with van der Waals surface area (Å²) in [5.74, 6) is 0.0506. The summed E-state index contributed by atoms with van der Waals surface area (Å²) >= 11 is 0. The third-order valence-electron chi connectivity index (χ3n) is 3.51. The Hall–Kier alpha value is -1.44. The highest BCUT2D eigenvalue weighted by Crippen LogP contribution is 2.09. The van der Waals surface area contributed by atoms with Gasteiger partial charge in [-0.05, 0) is 19.1 Å². The lowest BCUT2D eigenvalue weighted by molar-refractivity contribution is -0.117. The summed E-state index contributed by atoms with van der Waals surface area (Å²) in [5, 5.41) is 2.83. The standard InChI is InChI=1S/C14H21N3O3S/c1-2-21(19,20)17-10-8-16(9-11-17)12-14(18)15-13-6-4-3-5-7-13/h3-7H,2,8-12H2,1H3,(H,15,18). The van der Waals surface area contributed by atoms with E-state index in [-0.39, 0.29) is 18.2 Å². The van der Waals surface area contributed by atoms with Crippen LogP contribution in [0, 0.1) is 0 Å². The second kappa shape index (κ2) is 7.02. The van der Waals surface area contributed by atoms with E-state index < -0.39 is 10.0 Å². The minimum absolute atomic E-state index is 0.0759. The Bertz CT molecular complexity index is 566. The Labute approximate surface area is 125 Å². The predicted octanol–water partition coefficient (Wildman–Crippen LogP) is 0.592. The topological polar surface area (TPSA) is 69.7 Å². The van der Waals surface area contributed by atoms with Crippen LogP contribution in [0.1, 0.15) is 6.92 Å². The summed E-state index contributed by atoms with van der Waals surface area (Å²) in [6.07, 6.45) is 0. The first-order valence-corrected chi connectivity index (χ1v) is 8.67. The summed E-state index contributed by atoms with van der Waals surface area (Å²) in [6.45, 7) is 4.01. The van der Waals surface area contributed by atoms with Crippen molar-refractivity contribution >= 4 is 21.6 Å². The molecule has 116 valence electrons. The average molecular weight is 311 g/mol. The average Bonchev–Trinajstić information content (AvgIpc) is 2.48. The maximum Gasteiger partial charge on any atom is 0.238 e. The Morgan fingerprint density at radius 3 is 2.33 bits per heavy atom. The Morgan fingerprint density at radius 2 is 1.76 bits per heavy atom. The van der Waals surface area contributed by atoms with Crippen LogP contribution in [0.15, 0.2) is 30.3 Å². The highest BCUT2D eigenvalue weighted by molar-refractivity contribution is 7.89. The number of anilines is 1. The largest absolute Gasteiger partial charge is 0.325 e. The molecule has 0 aromatic heterocycles. The maximum atomic E-state index is 11.9. The van der Waals surface area contributed by atoms with Gasteiger partial charge in [0.15, 0.2) is 0 Å². The van der Waals surface area contributed by atoms with Crippen LogP contribution in [0.3, 0.4) is 0 Å². The van der Waals surface area contributed by atoms with E-state index in [1.54, 1.807) is 6.92 Å². The summed E-state index contributed by atoms with van der Waals surface area (Å²) in [7, 11) is -3.12. The Balaban J connectivity index is 1.80. The smallest absolute Gasteiger partial charge is 0.238 e. The lowest BCUT2D eigenvalue weighted by Gasteiger charge is -2.33. The van der Waals surface area contributed by atoms with E-state index in [9.17, 15) is 13.2 Å². The molecule has 2 rings (SSSR count). The number of para-hydroxylation sites is 1. The molecule has 0 radical (unpaired) electrons. The number of amides is 1. The number of nitrogens with zero attached hydrogens (tertiary/aromatic N) is 2. The van der Waals surface area contributed by atoms with E-state index in [4.69, 9.17) is 0 Å². The van der Waals surface area contributed by atoms with Crippen LogP contribution in [-0.4, -0.2) is 62.0 Å². The van der Waals surface area contributed by atoms with Crippen molar-refractivity contribution in [3.8, 4) is 0 Å². The second-order valence-corrected chi connectivity index (χ2v) is 7.25. The van der Waals surface area contributed by atoms with Gasteiger partial charge in [0.25, 0.3) is 0 Å². The highest BCUT2D eigenvalue weighted by atomic mass is 32.2. The number of carbonyl (C=O) groups is 1. The molecule has 1 aliphatic heterocycles. The van der Waals surface area contributed by atoms with Gasteiger partial charge in [-0.15, -0.1) is 0 Å². The van der Waals surface area contributed by atoms with E-state index in [1.807, 2.05) is 35.2 Å². The fourth-order valence-electron chi connectivity index (χ4n) is 2.27. The van der Waals surface area contributed by atoms with Gasteiger partial charge in [-0.1, -0.05) is 18.2 Å². The van der Waals surface area contributed by atoms with Crippen LogP contribution in [0.5, 0.6) is 0 Å². The molecule has 1 fully saturated rings. The lowest BCUT2D eigenvalue weighted by atomic mass is 10.3. The number of rotatable bonds is 5. The molecule has 1 saturated heterocycles. The molecule has 0 aliphatic carbocycles. The third kappa shape index (κ3) is 4.52. The van der Waals surface area contributed by atoms with Crippen LogP contribution in [0.4, 0.5) is 5.69 Å². The van der Waals surface area contributed by atoms with E-state index >= 15 is 0 Å². The fourth-order valence-corrected chi connectivity index (χ4v) is 3.36. The summed E-state index contributed by atoms with van der Waals surface area (Å²) in [6, 6.07) is 9.30. The molecule has 0 atom stereocenters. The normalized spacial score (nSPS) is 17.6. The van der Waals surface area contributed by atoms with Crippen molar-refractivity contribution in [2.45, 2.75) is 6.92 Å². The molecule has 0 spiro atoms. The van der Waals surface area contributed by atoms with E-state index in [0.717, 1.165) is 5.69 Å². The second-order valence-electron chi connectivity index (χ2n) is 4.99. The van der Waals surface area contributed by atoms with Gasteiger partial charge >= 0.3 is 0 Å². The van der Waals surface area contributed by atoms with E-state index in [1.165, 1.54) is 4.31 Å². The van der Waals surface area contributed by atoms with Crippen molar-refractivity contribution in [3.63, 3.8) is 0 Å². The molecule has 1 aromatic rings. The van der Waals surface area contributed by atoms with Crippen molar-refractivity contribution in [1.82, 2.24) is 9.21 Å². The highest BCUT2D eigenvalue weighted by Gasteiger charge is 2.26. The van der Waals surface area contributed by atoms with Gasteiger partial charge in [-0.3, -0.25) is 9.69 Å². The molecule has 6 nitrogen and oxygen atoms in total. The van der Waals surface area contributed by atoms with Crippen LogP contribution in [-0.2, 0) is 14.8 Å². The van der Waals surface area contributed by atoms with Gasteiger partial charge in [-0.2, -0.15) is 4.31 Å². The monoisotopic (exact) mass is 311 g/mol. The van der Waals surface area contributed by atoms with Gasteiger partial charge in [0.05, 0.1) is 12.3 Å². The zero-order valence-electron chi connectivity index (χ0n) is 12.2. The summed E-state index contributed by atoms with van der Waals surface area (Å²) in [4.78, 5) is 13.9. The number of carbonyl (C=O) groups excluding carboxylic acids is 1. The van der Waals surface area contributed by atoms with Crippen LogP contribution < -0.4 is 5.32 Å². The van der Waals surface area contributed by atoms with Crippen molar-refractivity contribution in [1.29, 1.82) is 0 Å². The lowest BCUT2D eigenvalue weighted by Crippen LogP contribution is -2.50. The van der Waals surface area contributed by atoms with Crippen molar-refractivity contribution < 1.29 is 13.2 Å². The molecular weight excluding hydrogens is 290 g/mol. The SMILES string of the molecule is CCS(=O)(=O)N1CCN(CC(=O)Nc2ccccc2)CC1. The molecule has 1 N–H and O–H groups in total. The van der Waals surface area contributed by atoms with Crippen LogP contribution in [0.2, 0.25) is 0 Å². The van der Waals surface area contributed by atoms with Crippen molar-refractivity contribution in [2.75, 3.05) is 43.8 Å². The molecule has 0 unspecified atom stereocenters. The Kier molecular flexibility index (Phi) is 5.33. The maximum absolute atomic E-state index is 11.9. The predicted molar refractivity (Wildman–Crippen MR) is 82.5 cm³/mol. The quantitative estimate of drug-likeness (QED) is 0.864. The fraction of sp³-hybridized carbons (Fsp3) is 0.500. The zero-order valence-corrected chi connectivity index (χ0v) is 13.0. The molecule has 7 heteroatoms. The Morgan fingerprint density at radius 1 is 1.14 bits per heavy atom. The number of hydrogen-bond acceptors (Lipinski definition) is 4. The van der Waals surface area contributed by atoms with Gasteiger partial charge in [-0.25, -0.2) is 8.42 Å². The molecule has 0 saturated carbocycles. The van der Waals surface area contributed by atoms with Crippen LogP contribution in [0.25, 0.3) is 0 Å². The molecule has 21 heavy (non-hydrogen) atoms. The molecule has 1 amide bonds. The number of nitrogens with one attached hydrogen (secondary N) is 1. The third-order valence-corrected chi connectivity index (χ3v) is 5.40. The van der Waals surface area contributed by atoms with Crippen molar-refractivity contribution in [3.05, 3.63) is 30.3 Å². The zero-order chi connectivity index (χ0) is 15.3. The first kappa shape index (κ1) is 15.9. The first-order valence-electron chi connectivity index (χ1n) is 7.06. The number of hydrogen-bond donors (Lipinski definition) is 1. The number of sulfonamides is 1.